The molecule has 2 nitrogen and oxygen atoms in total. The van der Waals surface area contributed by atoms with E-state index in [2.05, 4.69) is 48.6 Å². The van der Waals surface area contributed by atoms with Crippen molar-refractivity contribution in [3.8, 4) is 5.75 Å². The van der Waals surface area contributed by atoms with Gasteiger partial charge in [-0.25, -0.2) is 0 Å². The molecule has 0 unspecified atom stereocenters. The molecule has 0 saturated carbocycles. The topological polar surface area (TPSA) is 21.6 Å². The fourth-order valence-corrected chi connectivity index (χ4v) is 3.02. The van der Waals surface area contributed by atoms with Gasteiger partial charge in [-0.15, -0.1) is 11.3 Å². The van der Waals surface area contributed by atoms with Crippen molar-refractivity contribution in [2.75, 3.05) is 0 Å². The minimum absolute atomic E-state index is 0. The lowest BCUT2D eigenvalue weighted by Crippen LogP contribution is -2.11. The molecule has 1 aromatic carbocycles. The molecule has 0 N–H and O–H groups in total. The highest BCUT2D eigenvalue weighted by Crippen LogP contribution is 2.31. The normalized spacial score (nSPS) is 11.4. The molecule has 0 fully saturated rings. The van der Waals surface area contributed by atoms with E-state index in [1.807, 2.05) is 18.3 Å². The van der Waals surface area contributed by atoms with Gasteiger partial charge in [0.2, 0.25) is 0 Å². The second-order valence-corrected chi connectivity index (χ2v) is 7.58. The molecule has 0 saturated heterocycles. The first-order valence-corrected chi connectivity index (χ1v) is 9.58. The molecule has 99 valence electrons. The van der Waals surface area contributed by atoms with Crippen LogP contribution in [-0.2, 0) is 6.42 Å². The van der Waals surface area contributed by atoms with E-state index in [1.54, 1.807) is 11.3 Å². The van der Waals surface area contributed by atoms with Gasteiger partial charge in [0, 0.05) is 17.5 Å². The van der Waals surface area contributed by atoms with Gasteiger partial charge in [-0.3, -0.25) is 4.99 Å². The first-order chi connectivity index (χ1) is 9.16. The summed E-state index contributed by atoms with van der Waals surface area (Å²) in [4.78, 5) is 5.94. The largest absolute Gasteiger partial charge is 1.00 e. The van der Waals surface area contributed by atoms with Crippen LogP contribution >= 0.6 is 11.3 Å². The Kier molecular flexibility index (Phi) is 4.93. The van der Waals surface area contributed by atoms with E-state index in [0.29, 0.717) is 0 Å². The maximum Gasteiger partial charge on any atom is 1.00 e. The van der Waals surface area contributed by atoms with Gasteiger partial charge in [-0.1, -0.05) is 18.2 Å². The molecule has 4 heteroatoms. The summed E-state index contributed by atoms with van der Waals surface area (Å²) in [5, 5.41) is 2.09. The molecule has 19 heavy (non-hydrogen) atoms. The Balaban J connectivity index is 0.00000200. The zero-order valence-corrected chi connectivity index (χ0v) is 13.3. The number of para-hydroxylation sites is 1. The van der Waals surface area contributed by atoms with Gasteiger partial charge in [0.05, 0.1) is 0 Å². The maximum atomic E-state index is 5.90. The quantitative estimate of drug-likeness (QED) is 0.575. The second kappa shape index (κ2) is 6.68. The van der Waals surface area contributed by atoms with Crippen LogP contribution < -0.4 is 4.43 Å². The van der Waals surface area contributed by atoms with Gasteiger partial charge in [0.25, 0.3) is 9.04 Å². The fraction of sp³-hybridized carbons (Fsp3) is 0.267. The predicted octanol–water partition coefficient (Wildman–Crippen LogP) is 4.74. The lowest BCUT2D eigenvalue weighted by Gasteiger charge is -2.12. The Bertz CT molecular complexity index is 555. The van der Waals surface area contributed by atoms with Crippen LogP contribution in [0, 0.1) is 6.92 Å². The Hall–Kier alpha value is -1.39. The molecule has 0 aliphatic carbocycles. The van der Waals surface area contributed by atoms with E-state index in [4.69, 9.17) is 4.43 Å². The molecular weight excluding hydrogens is 270 g/mol. The van der Waals surface area contributed by atoms with Crippen LogP contribution in [-0.4, -0.2) is 15.3 Å². The minimum atomic E-state index is -0.765. The molecular formula is C15H19NOSSi+. The van der Waals surface area contributed by atoms with E-state index in [0.717, 1.165) is 23.4 Å². The van der Waals surface area contributed by atoms with Crippen molar-refractivity contribution in [2.24, 2.45) is 4.99 Å². The molecule has 0 spiro atoms. The van der Waals surface area contributed by atoms with Gasteiger partial charge in [-0.2, -0.15) is 0 Å². The van der Waals surface area contributed by atoms with Crippen LogP contribution in [0.25, 0.3) is 0 Å². The summed E-state index contributed by atoms with van der Waals surface area (Å²) in [6.07, 6.45) is 2.85. The van der Waals surface area contributed by atoms with Crippen molar-refractivity contribution in [3.05, 3.63) is 46.2 Å². The summed E-state index contributed by atoms with van der Waals surface area (Å²) in [5.41, 5.74) is 2.12. The third-order valence-corrected chi connectivity index (χ3v) is 4.13. The number of rotatable bonds is 5. The molecule has 1 radical (unpaired) electrons. The van der Waals surface area contributed by atoms with Crippen molar-refractivity contribution in [2.45, 2.75) is 26.4 Å². The minimum Gasteiger partial charge on any atom is -0.541 e. The van der Waals surface area contributed by atoms with Crippen molar-refractivity contribution >= 4 is 32.3 Å². The molecule has 0 amide bonds. The zero-order valence-electron chi connectivity index (χ0n) is 12.5. The monoisotopic (exact) mass is 289 g/mol. The van der Waals surface area contributed by atoms with E-state index < -0.39 is 9.04 Å². The number of aliphatic imine (C=N–C) groups is 1. The number of benzene rings is 1. The van der Waals surface area contributed by atoms with Gasteiger partial charge in [0.1, 0.15) is 11.4 Å². The smallest absolute Gasteiger partial charge is 0.541 e. The number of aryl methyl sites for hydroxylation is 1. The maximum absolute atomic E-state index is 5.90. The summed E-state index contributed by atoms with van der Waals surface area (Å²) in [5.74, 6) is 0.904. The lowest BCUT2D eigenvalue weighted by atomic mass is 10.2. The summed E-state index contributed by atoms with van der Waals surface area (Å²) in [6, 6.07) is 10.3. The Morgan fingerprint density at radius 1 is 1.32 bits per heavy atom. The van der Waals surface area contributed by atoms with E-state index in [9.17, 15) is 0 Å². The van der Waals surface area contributed by atoms with Crippen LogP contribution in [0.4, 0.5) is 5.69 Å². The average molecular weight is 289 g/mol. The van der Waals surface area contributed by atoms with E-state index >= 15 is 0 Å². The highest BCUT2D eigenvalue weighted by Gasteiger charge is 2.07. The Morgan fingerprint density at radius 2 is 2.16 bits per heavy atom. The summed E-state index contributed by atoms with van der Waals surface area (Å²) >= 11 is 1.76. The molecule has 0 aliphatic heterocycles. The average Bonchev–Trinajstić information content (AvgIpc) is 2.85. The van der Waals surface area contributed by atoms with Crippen molar-refractivity contribution in [1.82, 2.24) is 0 Å². The number of nitrogens with zero attached hydrogens (tertiary/aromatic N) is 1. The SMILES string of the molecule is Cc1cccc(O[Si](C)C)c1N=CCc1cccs1.[H+]. The fourth-order valence-electron chi connectivity index (χ4n) is 1.76. The van der Waals surface area contributed by atoms with Crippen molar-refractivity contribution in [1.29, 1.82) is 0 Å². The molecule has 0 aliphatic rings. The zero-order chi connectivity index (χ0) is 13.7. The van der Waals surface area contributed by atoms with Gasteiger partial charge in [0.15, 0.2) is 0 Å². The second-order valence-electron chi connectivity index (χ2n) is 4.53. The van der Waals surface area contributed by atoms with Crippen molar-refractivity contribution in [3.63, 3.8) is 0 Å². The summed E-state index contributed by atoms with van der Waals surface area (Å²) in [7, 11) is -0.765. The third-order valence-electron chi connectivity index (χ3n) is 2.61. The molecule has 0 bridgehead atoms. The highest BCUT2D eigenvalue weighted by atomic mass is 32.1. The van der Waals surface area contributed by atoms with Crippen LogP contribution in [0.2, 0.25) is 13.1 Å². The molecule has 0 atom stereocenters. The van der Waals surface area contributed by atoms with Gasteiger partial charge < -0.3 is 4.43 Å². The van der Waals surface area contributed by atoms with Gasteiger partial charge in [-0.05, 0) is 43.1 Å². The number of hydrogen-bond acceptors (Lipinski definition) is 3. The number of hydrogen-bond donors (Lipinski definition) is 0. The molecule has 1 heterocycles. The van der Waals surface area contributed by atoms with Crippen LogP contribution in [0.5, 0.6) is 5.75 Å². The Labute approximate surface area is 122 Å². The van der Waals surface area contributed by atoms with Gasteiger partial charge >= 0.3 is 1.43 Å². The van der Waals surface area contributed by atoms with Crippen LogP contribution in [0.15, 0.2) is 40.7 Å². The highest BCUT2D eigenvalue weighted by molar-refractivity contribution is 7.10. The first-order valence-electron chi connectivity index (χ1n) is 6.29. The third kappa shape index (κ3) is 4.04. The molecule has 2 rings (SSSR count). The van der Waals surface area contributed by atoms with Crippen molar-refractivity contribution < 1.29 is 5.85 Å². The van der Waals surface area contributed by atoms with E-state index in [1.165, 1.54) is 4.88 Å². The summed E-state index contributed by atoms with van der Waals surface area (Å²) in [6.45, 7) is 6.33. The predicted molar refractivity (Wildman–Crippen MR) is 86.6 cm³/mol. The van der Waals surface area contributed by atoms with Crippen LogP contribution in [0.3, 0.4) is 0 Å². The Morgan fingerprint density at radius 3 is 2.84 bits per heavy atom. The summed E-state index contributed by atoms with van der Waals surface area (Å²) < 4.78 is 5.90. The first kappa shape index (κ1) is 14.0. The standard InChI is InChI=1S/C15H18NOSSi/c1-12-6-4-8-14(17-19(2)3)15(12)16-10-9-13-7-5-11-18-13/h4-8,10-11H,9H2,1-3H3/p+1. The van der Waals surface area contributed by atoms with Crippen LogP contribution in [0.1, 0.15) is 11.9 Å². The number of thiophene rings is 1. The molecule has 1 aromatic heterocycles. The van der Waals surface area contributed by atoms with E-state index in [-0.39, 0.29) is 1.43 Å². The molecule has 2 aromatic rings. The lowest BCUT2D eigenvalue weighted by molar-refractivity contribution is 0.581.